The Morgan fingerprint density at radius 1 is 1.10 bits per heavy atom. The molecule has 0 atom stereocenters. The van der Waals surface area contributed by atoms with Crippen molar-refractivity contribution in [2.45, 2.75) is 18.8 Å². The second-order valence-electron chi connectivity index (χ2n) is 4.77. The monoisotopic (exact) mass is 276 g/mol. The summed E-state index contributed by atoms with van der Waals surface area (Å²) in [5, 5.41) is 5.82. The van der Waals surface area contributed by atoms with E-state index in [1.54, 1.807) is 13.1 Å². The fourth-order valence-corrected chi connectivity index (χ4v) is 1.91. The molecule has 0 saturated heterocycles. The van der Waals surface area contributed by atoms with Crippen LogP contribution in [0, 0.1) is 11.6 Å². The minimum atomic E-state index is -0.650. The molecule has 0 spiro atoms. The molecule has 20 heavy (non-hydrogen) atoms. The van der Waals surface area contributed by atoms with Gasteiger partial charge in [-0.15, -0.1) is 0 Å². The molecule has 1 fully saturated rings. The molecule has 0 radical (unpaired) electrons. The standard InChI is InChI=1S/C14H14F2N4/c1-17-12-7-13(20-14(19-12)8-2-3-8)18-11-5-4-9(15)6-10(11)16/h4-8H,2-3H2,1H3,(H2,17,18,19,20). The van der Waals surface area contributed by atoms with Gasteiger partial charge in [0.25, 0.3) is 0 Å². The Kier molecular flexibility index (Phi) is 3.22. The Bertz CT molecular complexity index is 641. The van der Waals surface area contributed by atoms with Crippen LogP contribution in [0.3, 0.4) is 0 Å². The number of aromatic nitrogens is 2. The lowest BCUT2D eigenvalue weighted by atomic mass is 10.3. The number of anilines is 3. The van der Waals surface area contributed by atoms with Crippen LogP contribution in [0.15, 0.2) is 24.3 Å². The van der Waals surface area contributed by atoms with Gasteiger partial charge >= 0.3 is 0 Å². The molecule has 2 aromatic rings. The summed E-state index contributed by atoms with van der Waals surface area (Å²) in [7, 11) is 1.77. The number of nitrogens with zero attached hydrogens (tertiary/aromatic N) is 2. The molecule has 1 aromatic heterocycles. The van der Waals surface area contributed by atoms with E-state index in [0.29, 0.717) is 17.6 Å². The first-order valence-corrected chi connectivity index (χ1v) is 6.44. The van der Waals surface area contributed by atoms with Gasteiger partial charge in [-0.1, -0.05) is 0 Å². The van der Waals surface area contributed by atoms with Gasteiger partial charge in [-0.3, -0.25) is 0 Å². The Morgan fingerprint density at radius 2 is 1.85 bits per heavy atom. The summed E-state index contributed by atoms with van der Waals surface area (Å²) in [5.41, 5.74) is 0.189. The van der Waals surface area contributed by atoms with E-state index in [1.807, 2.05) is 0 Å². The number of nitrogens with one attached hydrogen (secondary N) is 2. The first-order chi connectivity index (χ1) is 9.65. The van der Waals surface area contributed by atoms with E-state index in [0.717, 1.165) is 24.7 Å². The van der Waals surface area contributed by atoms with E-state index in [9.17, 15) is 8.78 Å². The molecular weight excluding hydrogens is 262 g/mol. The van der Waals surface area contributed by atoms with Crippen LogP contribution >= 0.6 is 0 Å². The maximum atomic E-state index is 13.6. The van der Waals surface area contributed by atoms with Gasteiger partial charge in [0.2, 0.25) is 0 Å². The lowest BCUT2D eigenvalue weighted by Gasteiger charge is -2.10. The normalized spacial score (nSPS) is 14.2. The van der Waals surface area contributed by atoms with Gasteiger partial charge in [-0.2, -0.15) is 0 Å². The molecule has 3 rings (SSSR count). The van der Waals surface area contributed by atoms with E-state index in [-0.39, 0.29) is 5.69 Å². The zero-order valence-corrected chi connectivity index (χ0v) is 11.0. The van der Waals surface area contributed by atoms with Crippen LogP contribution in [-0.4, -0.2) is 17.0 Å². The van der Waals surface area contributed by atoms with Gasteiger partial charge in [-0.25, -0.2) is 18.7 Å². The van der Waals surface area contributed by atoms with Crippen molar-refractivity contribution >= 4 is 17.3 Å². The first-order valence-electron chi connectivity index (χ1n) is 6.44. The van der Waals surface area contributed by atoms with Crippen LogP contribution < -0.4 is 10.6 Å². The third kappa shape index (κ3) is 2.68. The molecule has 1 heterocycles. The van der Waals surface area contributed by atoms with Crippen molar-refractivity contribution in [3.8, 4) is 0 Å². The molecule has 1 saturated carbocycles. The third-order valence-corrected chi connectivity index (χ3v) is 3.14. The third-order valence-electron chi connectivity index (χ3n) is 3.14. The summed E-state index contributed by atoms with van der Waals surface area (Å²) in [6.07, 6.45) is 2.16. The van der Waals surface area contributed by atoms with Gasteiger partial charge in [0.1, 0.15) is 29.1 Å². The van der Waals surface area contributed by atoms with Crippen LogP contribution in [0.25, 0.3) is 0 Å². The van der Waals surface area contributed by atoms with Gasteiger partial charge < -0.3 is 10.6 Å². The number of rotatable bonds is 4. The number of benzene rings is 1. The van der Waals surface area contributed by atoms with Crippen molar-refractivity contribution in [3.63, 3.8) is 0 Å². The Hall–Kier alpha value is -2.24. The SMILES string of the molecule is CNc1cc(Nc2ccc(F)cc2F)nc(C2CC2)n1. The lowest BCUT2D eigenvalue weighted by molar-refractivity contribution is 0.586. The van der Waals surface area contributed by atoms with E-state index in [2.05, 4.69) is 20.6 Å². The summed E-state index contributed by atoms with van der Waals surface area (Å²) in [5.74, 6) is 1.06. The second-order valence-corrected chi connectivity index (χ2v) is 4.77. The Balaban J connectivity index is 1.91. The summed E-state index contributed by atoms with van der Waals surface area (Å²) in [4.78, 5) is 8.76. The Morgan fingerprint density at radius 3 is 2.50 bits per heavy atom. The highest BCUT2D eigenvalue weighted by Gasteiger charge is 2.27. The van der Waals surface area contributed by atoms with Crippen LogP contribution in [0.2, 0.25) is 0 Å². The quantitative estimate of drug-likeness (QED) is 0.898. The van der Waals surface area contributed by atoms with Crippen molar-refractivity contribution < 1.29 is 8.78 Å². The van der Waals surface area contributed by atoms with E-state index < -0.39 is 11.6 Å². The maximum Gasteiger partial charge on any atom is 0.149 e. The molecule has 1 aliphatic carbocycles. The van der Waals surface area contributed by atoms with Crippen molar-refractivity contribution in [2.24, 2.45) is 0 Å². The smallest absolute Gasteiger partial charge is 0.149 e. The Labute approximate surface area is 115 Å². The van der Waals surface area contributed by atoms with Crippen molar-refractivity contribution in [2.75, 3.05) is 17.7 Å². The molecular formula is C14H14F2N4. The fourth-order valence-electron chi connectivity index (χ4n) is 1.91. The second kappa shape index (κ2) is 5.03. The van der Waals surface area contributed by atoms with E-state index in [1.165, 1.54) is 12.1 Å². The van der Waals surface area contributed by atoms with Crippen molar-refractivity contribution in [3.05, 3.63) is 41.7 Å². The van der Waals surface area contributed by atoms with Gasteiger partial charge in [0, 0.05) is 25.1 Å². The first kappa shape index (κ1) is 12.8. The molecule has 4 nitrogen and oxygen atoms in total. The summed E-state index contributed by atoms with van der Waals surface area (Å²) < 4.78 is 26.5. The summed E-state index contributed by atoms with van der Waals surface area (Å²) in [6.45, 7) is 0. The summed E-state index contributed by atoms with van der Waals surface area (Å²) in [6, 6.07) is 5.08. The molecule has 0 unspecified atom stereocenters. The molecule has 1 aliphatic rings. The minimum absolute atomic E-state index is 0.189. The predicted molar refractivity (Wildman–Crippen MR) is 73.2 cm³/mol. The zero-order chi connectivity index (χ0) is 14.1. The predicted octanol–water partition coefficient (Wildman–Crippen LogP) is 3.42. The number of hydrogen-bond acceptors (Lipinski definition) is 4. The van der Waals surface area contributed by atoms with Crippen molar-refractivity contribution in [1.29, 1.82) is 0 Å². The van der Waals surface area contributed by atoms with Crippen LogP contribution in [0.5, 0.6) is 0 Å². The number of hydrogen-bond donors (Lipinski definition) is 2. The molecule has 0 amide bonds. The van der Waals surface area contributed by atoms with Gasteiger partial charge in [0.15, 0.2) is 0 Å². The van der Waals surface area contributed by atoms with Crippen molar-refractivity contribution in [1.82, 2.24) is 9.97 Å². The largest absolute Gasteiger partial charge is 0.373 e. The topological polar surface area (TPSA) is 49.8 Å². The highest BCUT2D eigenvalue weighted by molar-refractivity contribution is 5.59. The molecule has 2 N–H and O–H groups in total. The van der Waals surface area contributed by atoms with E-state index >= 15 is 0 Å². The highest BCUT2D eigenvalue weighted by atomic mass is 19.1. The van der Waals surface area contributed by atoms with Crippen LogP contribution in [0.1, 0.15) is 24.6 Å². The van der Waals surface area contributed by atoms with Gasteiger partial charge in [-0.05, 0) is 25.0 Å². The minimum Gasteiger partial charge on any atom is -0.373 e. The molecule has 104 valence electrons. The molecule has 1 aromatic carbocycles. The number of halogens is 2. The average molecular weight is 276 g/mol. The van der Waals surface area contributed by atoms with Gasteiger partial charge in [0.05, 0.1) is 5.69 Å². The van der Waals surface area contributed by atoms with Crippen LogP contribution in [-0.2, 0) is 0 Å². The maximum absolute atomic E-state index is 13.6. The fraction of sp³-hybridized carbons (Fsp3) is 0.286. The highest BCUT2D eigenvalue weighted by Crippen LogP contribution is 2.39. The molecule has 6 heteroatoms. The van der Waals surface area contributed by atoms with E-state index in [4.69, 9.17) is 0 Å². The lowest BCUT2D eigenvalue weighted by Crippen LogP contribution is -2.04. The molecule has 0 bridgehead atoms. The van der Waals surface area contributed by atoms with Crippen LogP contribution in [0.4, 0.5) is 26.1 Å². The molecule has 0 aliphatic heterocycles. The summed E-state index contributed by atoms with van der Waals surface area (Å²) >= 11 is 0. The average Bonchev–Trinajstić information content (AvgIpc) is 3.26. The zero-order valence-electron chi connectivity index (χ0n) is 11.0.